The minimum absolute atomic E-state index is 0.747. The highest BCUT2D eigenvalue weighted by Crippen LogP contribution is 2.23. The average Bonchev–Trinajstić information content (AvgIpc) is 2.47. The predicted octanol–water partition coefficient (Wildman–Crippen LogP) is 5.05. The second-order valence-electron chi connectivity index (χ2n) is 4.83. The third-order valence-corrected chi connectivity index (χ3v) is 3.33. The number of anilines is 1. The Bertz CT molecular complexity index is 551. The first-order valence-corrected chi connectivity index (χ1v) is 7.28. The van der Waals surface area contributed by atoms with E-state index in [1.807, 2.05) is 24.3 Å². The molecule has 0 fully saturated rings. The predicted molar refractivity (Wildman–Crippen MR) is 85.7 cm³/mol. The maximum absolute atomic E-state index is 6.16. The molecule has 0 unspecified atom stereocenters. The molecule has 2 aromatic rings. The Morgan fingerprint density at radius 2 is 1.85 bits per heavy atom. The van der Waals surface area contributed by atoms with Gasteiger partial charge >= 0.3 is 0 Å². The molecule has 0 amide bonds. The van der Waals surface area contributed by atoms with Gasteiger partial charge in [-0.05, 0) is 48.7 Å². The molecule has 3 heteroatoms. The van der Waals surface area contributed by atoms with Gasteiger partial charge in [-0.25, -0.2) is 0 Å². The number of aryl methyl sites for hydroxylation is 1. The highest BCUT2D eigenvalue weighted by atomic mass is 35.5. The Morgan fingerprint density at radius 3 is 2.55 bits per heavy atom. The molecule has 0 radical (unpaired) electrons. The van der Waals surface area contributed by atoms with Gasteiger partial charge in [0.1, 0.15) is 5.75 Å². The summed E-state index contributed by atoms with van der Waals surface area (Å²) in [5.74, 6) is 0.921. The third kappa shape index (κ3) is 4.17. The molecule has 0 atom stereocenters. The van der Waals surface area contributed by atoms with E-state index in [-0.39, 0.29) is 0 Å². The molecule has 2 nitrogen and oxygen atoms in total. The van der Waals surface area contributed by atoms with Crippen LogP contribution in [0.2, 0.25) is 5.02 Å². The van der Waals surface area contributed by atoms with Crippen LogP contribution in [0.5, 0.6) is 5.75 Å². The van der Waals surface area contributed by atoms with Crippen LogP contribution in [0.4, 0.5) is 5.69 Å². The lowest BCUT2D eigenvalue weighted by Gasteiger charge is -2.10. The molecule has 1 N–H and O–H groups in total. The van der Waals surface area contributed by atoms with Crippen LogP contribution < -0.4 is 10.1 Å². The molecular formula is C17H20ClNO. The Hall–Kier alpha value is -1.67. The molecule has 0 saturated heterocycles. The van der Waals surface area contributed by atoms with Crippen LogP contribution in [0, 0.1) is 6.92 Å². The van der Waals surface area contributed by atoms with Crippen molar-refractivity contribution in [1.82, 2.24) is 0 Å². The standard InChI is InChI=1S/C17H20ClNO/c1-3-10-20-15-7-5-14(6-8-15)12-19-17-11-13(2)4-9-16(17)18/h4-9,11,19H,3,10,12H2,1-2H3. The first-order chi connectivity index (χ1) is 9.69. The molecule has 2 aromatic carbocycles. The summed E-state index contributed by atoms with van der Waals surface area (Å²) < 4.78 is 5.57. The number of rotatable bonds is 6. The summed E-state index contributed by atoms with van der Waals surface area (Å²) in [6.45, 7) is 5.67. The lowest BCUT2D eigenvalue weighted by molar-refractivity contribution is 0.317. The molecular weight excluding hydrogens is 270 g/mol. The molecule has 0 aromatic heterocycles. The van der Waals surface area contributed by atoms with E-state index in [4.69, 9.17) is 16.3 Å². The van der Waals surface area contributed by atoms with E-state index in [1.54, 1.807) is 0 Å². The molecule has 0 aliphatic carbocycles. The number of ether oxygens (including phenoxy) is 1. The van der Waals surface area contributed by atoms with Gasteiger partial charge in [-0.1, -0.05) is 36.7 Å². The summed E-state index contributed by atoms with van der Waals surface area (Å²) in [4.78, 5) is 0. The minimum atomic E-state index is 0.747. The zero-order valence-electron chi connectivity index (χ0n) is 11.9. The second kappa shape index (κ2) is 7.20. The average molecular weight is 290 g/mol. The quantitative estimate of drug-likeness (QED) is 0.803. The van der Waals surface area contributed by atoms with Gasteiger partial charge in [-0.3, -0.25) is 0 Å². The van der Waals surface area contributed by atoms with Gasteiger partial charge in [0.15, 0.2) is 0 Å². The van der Waals surface area contributed by atoms with Crippen molar-refractivity contribution < 1.29 is 4.74 Å². The van der Waals surface area contributed by atoms with Crippen molar-refractivity contribution in [2.24, 2.45) is 0 Å². The van der Waals surface area contributed by atoms with Gasteiger partial charge in [0.2, 0.25) is 0 Å². The fraction of sp³-hybridized carbons (Fsp3) is 0.294. The SMILES string of the molecule is CCCOc1ccc(CNc2cc(C)ccc2Cl)cc1. The van der Waals surface area contributed by atoms with Crippen molar-refractivity contribution in [2.75, 3.05) is 11.9 Å². The zero-order chi connectivity index (χ0) is 14.4. The summed E-state index contributed by atoms with van der Waals surface area (Å²) in [7, 11) is 0. The van der Waals surface area contributed by atoms with Crippen LogP contribution in [0.1, 0.15) is 24.5 Å². The molecule has 0 bridgehead atoms. The van der Waals surface area contributed by atoms with Gasteiger partial charge in [0, 0.05) is 6.54 Å². The van der Waals surface area contributed by atoms with Crippen LogP contribution in [-0.4, -0.2) is 6.61 Å². The van der Waals surface area contributed by atoms with E-state index in [1.165, 1.54) is 11.1 Å². The van der Waals surface area contributed by atoms with Gasteiger partial charge in [0.25, 0.3) is 0 Å². The van der Waals surface area contributed by atoms with Crippen LogP contribution in [0.25, 0.3) is 0 Å². The van der Waals surface area contributed by atoms with Crippen molar-refractivity contribution in [3.05, 3.63) is 58.6 Å². The minimum Gasteiger partial charge on any atom is -0.494 e. The summed E-state index contributed by atoms with van der Waals surface area (Å²) in [5, 5.41) is 4.11. The fourth-order valence-electron chi connectivity index (χ4n) is 1.90. The second-order valence-corrected chi connectivity index (χ2v) is 5.24. The lowest BCUT2D eigenvalue weighted by Crippen LogP contribution is -2.00. The monoisotopic (exact) mass is 289 g/mol. The molecule has 2 rings (SSSR count). The summed E-state index contributed by atoms with van der Waals surface area (Å²) in [5.41, 5.74) is 3.37. The molecule has 0 aliphatic heterocycles. The van der Waals surface area contributed by atoms with Crippen molar-refractivity contribution in [3.63, 3.8) is 0 Å². The Balaban J connectivity index is 1.95. The number of halogens is 1. The van der Waals surface area contributed by atoms with Crippen molar-refractivity contribution >= 4 is 17.3 Å². The lowest BCUT2D eigenvalue weighted by atomic mass is 10.2. The molecule has 0 aliphatic rings. The number of benzene rings is 2. The largest absolute Gasteiger partial charge is 0.494 e. The van der Waals surface area contributed by atoms with Crippen molar-refractivity contribution in [2.45, 2.75) is 26.8 Å². The van der Waals surface area contributed by atoms with Gasteiger partial charge in [0.05, 0.1) is 17.3 Å². The Morgan fingerprint density at radius 1 is 1.10 bits per heavy atom. The molecule has 106 valence electrons. The van der Waals surface area contributed by atoms with Crippen molar-refractivity contribution in [1.29, 1.82) is 0 Å². The first kappa shape index (κ1) is 14.7. The van der Waals surface area contributed by atoms with Gasteiger partial charge in [-0.15, -0.1) is 0 Å². The van der Waals surface area contributed by atoms with Crippen LogP contribution in [-0.2, 0) is 6.54 Å². The maximum atomic E-state index is 6.16. The van der Waals surface area contributed by atoms with E-state index in [9.17, 15) is 0 Å². The molecule has 20 heavy (non-hydrogen) atoms. The Kier molecular flexibility index (Phi) is 5.31. The summed E-state index contributed by atoms with van der Waals surface area (Å²) >= 11 is 6.16. The van der Waals surface area contributed by atoms with E-state index < -0.39 is 0 Å². The zero-order valence-corrected chi connectivity index (χ0v) is 12.7. The molecule has 0 saturated carbocycles. The highest BCUT2D eigenvalue weighted by Gasteiger charge is 2.01. The topological polar surface area (TPSA) is 21.3 Å². The number of hydrogen-bond acceptors (Lipinski definition) is 2. The third-order valence-electron chi connectivity index (χ3n) is 3.00. The van der Waals surface area contributed by atoms with Crippen LogP contribution >= 0.6 is 11.6 Å². The molecule has 0 heterocycles. The Labute approximate surface area is 125 Å². The number of nitrogens with one attached hydrogen (secondary N) is 1. The number of hydrogen-bond donors (Lipinski definition) is 1. The normalized spacial score (nSPS) is 10.3. The molecule has 0 spiro atoms. The van der Waals surface area contributed by atoms with Gasteiger partial charge in [-0.2, -0.15) is 0 Å². The van der Waals surface area contributed by atoms with Crippen LogP contribution in [0.3, 0.4) is 0 Å². The fourth-order valence-corrected chi connectivity index (χ4v) is 2.08. The van der Waals surface area contributed by atoms with Crippen LogP contribution in [0.15, 0.2) is 42.5 Å². The highest BCUT2D eigenvalue weighted by molar-refractivity contribution is 6.33. The summed E-state index contributed by atoms with van der Waals surface area (Å²) in [6, 6.07) is 14.1. The summed E-state index contributed by atoms with van der Waals surface area (Å²) in [6.07, 6.45) is 1.02. The van der Waals surface area contributed by atoms with Crippen molar-refractivity contribution in [3.8, 4) is 5.75 Å². The van der Waals surface area contributed by atoms with E-state index in [0.29, 0.717) is 0 Å². The van der Waals surface area contributed by atoms with E-state index >= 15 is 0 Å². The van der Waals surface area contributed by atoms with E-state index in [0.717, 1.165) is 36.0 Å². The van der Waals surface area contributed by atoms with Gasteiger partial charge < -0.3 is 10.1 Å². The van der Waals surface area contributed by atoms with E-state index in [2.05, 4.69) is 37.4 Å². The first-order valence-electron chi connectivity index (χ1n) is 6.91. The smallest absolute Gasteiger partial charge is 0.119 e. The maximum Gasteiger partial charge on any atom is 0.119 e.